The molecule has 2 aromatic carbocycles. The molecule has 120 valence electrons. The predicted molar refractivity (Wildman–Crippen MR) is 96.5 cm³/mol. The highest BCUT2D eigenvalue weighted by atomic mass is 15.2. The maximum absolute atomic E-state index is 2.75. The van der Waals surface area contributed by atoms with Gasteiger partial charge in [-0.1, -0.05) is 74.9 Å². The van der Waals surface area contributed by atoms with E-state index in [4.69, 9.17) is 0 Å². The lowest BCUT2D eigenvalue weighted by Crippen LogP contribution is -2.58. The Morgan fingerprint density at radius 2 is 1.78 bits per heavy atom. The van der Waals surface area contributed by atoms with Crippen LogP contribution in [0.4, 0.5) is 0 Å². The number of rotatable bonds is 3. The summed E-state index contributed by atoms with van der Waals surface area (Å²) < 4.78 is 0. The highest BCUT2D eigenvalue weighted by Crippen LogP contribution is 2.50. The summed E-state index contributed by atoms with van der Waals surface area (Å²) in [7, 11) is 0. The number of piperidine rings is 1. The molecule has 0 spiro atoms. The summed E-state index contributed by atoms with van der Waals surface area (Å²) >= 11 is 0. The van der Waals surface area contributed by atoms with Crippen molar-refractivity contribution in [3.63, 3.8) is 0 Å². The topological polar surface area (TPSA) is 3.24 Å². The zero-order valence-corrected chi connectivity index (χ0v) is 14.3. The first kappa shape index (κ1) is 15.0. The number of hydrogen-bond donors (Lipinski definition) is 0. The van der Waals surface area contributed by atoms with E-state index in [1.807, 2.05) is 0 Å². The van der Waals surface area contributed by atoms with Gasteiger partial charge in [0.15, 0.2) is 0 Å². The first-order valence-electron chi connectivity index (χ1n) is 9.08. The number of benzene rings is 2. The van der Waals surface area contributed by atoms with Crippen molar-refractivity contribution in [2.75, 3.05) is 6.54 Å². The maximum atomic E-state index is 2.75. The van der Waals surface area contributed by atoms with Crippen LogP contribution in [0.1, 0.15) is 43.4 Å². The molecule has 0 radical (unpaired) electrons. The fourth-order valence-corrected chi connectivity index (χ4v) is 5.23. The molecule has 1 heteroatoms. The summed E-state index contributed by atoms with van der Waals surface area (Å²) in [5.41, 5.74) is 5.02. The van der Waals surface area contributed by atoms with Gasteiger partial charge < -0.3 is 0 Å². The van der Waals surface area contributed by atoms with Crippen molar-refractivity contribution in [3.8, 4) is 0 Å². The van der Waals surface area contributed by atoms with Gasteiger partial charge in [0.05, 0.1) is 0 Å². The van der Waals surface area contributed by atoms with Crippen molar-refractivity contribution in [2.24, 2.45) is 5.92 Å². The second kappa shape index (κ2) is 5.79. The molecule has 1 fully saturated rings. The van der Waals surface area contributed by atoms with E-state index in [0.717, 1.165) is 12.5 Å². The van der Waals surface area contributed by atoms with Crippen molar-refractivity contribution < 1.29 is 0 Å². The third-order valence-electron chi connectivity index (χ3n) is 6.40. The summed E-state index contributed by atoms with van der Waals surface area (Å²) in [6.45, 7) is 7.23. The van der Waals surface area contributed by atoms with Crippen LogP contribution in [-0.2, 0) is 18.4 Å². The molecule has 2 bridgehead atoms. The Balaban J connectivity index is 1.68. The summed E-state index contributed by atoms with van der Waals surface area (Å²) in [4.78, 5) is 2.75. The van der Waals surface area contributed by atoms with E-state index in [1.54, 1.807) is 11.1 Å². The van der Waals surface area contributed by atoms with Crippen molar-refractivity contribution in [1.82, 2.24) is 4.90 Å². The van der Waals surface area contributed by atoms with Gasteiger partial charge in [-0.2, -0.15) is 0 Å². The third-order valence-corrected chi connectivity index (χ3v) is 6.40. The normalized spacial score (nSPS) is 30.0. The molecule has 0 amide bonds. The Morgan fingerprint density at radius 1 is 1.04 bits per heavy atom. The highest BCUT2D eigenvalue weighted by Gasteiger charge is 2.49. The Hall–Kier alpha value is -1.60. The molecule has 1 aliphatic carbocycles. The SMILES string of the molecule is CC[C@H]1[C@@H]2Cc3ccccc3[C@@]1(C)CCN2Cc1ccccc1. The molecule has 1 nitrogen and oxygen atoms in total. The third kappa shape index (κ3) is 2.42. The lowest BCUT2D eigenvalue weighted by molar-refractivity contribution is 0.0145. The van der Waals surface area contributed by atoms with Gasteiger partial charge in [-0.15, -0.1) is 0 Å². The van der Waals surface area contributed by atoms with Crippen LogP contribution in [0.3, 0.4) is 0 Å². The van der Waals surface area contributed by atoms with Gasteiger partial charge in [-0.3, -0.25) is 4.90 Å². The van der Waals surface area contributed by atoms with Crippen molar-refractivity contribution in [3.05, 3.63) is 71.3 Å². The number of fused-ring (bicyclic) bond motifs is 4. The summed E-state index contributed by atoms with van der Waals surface area (Å²) in [6, 6.07) is 20.9. The molecular weight excluding hydrogens is 278 g/mol. The van der Waals surface area contributed by atoms with Gasteiger partial charge in [0.1, 0.15) is 0 Å². The molecule has 1 heterocycles. The van der Waals surface area contributed by atoms with Crippen LogP contribution in [0.25, 0.3) is 0 Å². The highest BCUT2D eigenvalue weighted by molar-refractivity contribution is 5.40. The number of likely N-dealkylation sites (tertiary alicyclic amines) is 1. The minimum atomic E-state index is 0.363. The first-order chi connectivity index (χ1) is 11.2. The van der Waals surface area contributed by atoms with E-state index >= 15 is 0 Å². The predicted octanol–water partition coefficient (Wildman–Crippen LogP) is 4.80. The van der Waals surface area contributed by atoms with Crippen LogP contribution >= 0.6 is 0 Å². The molecule has 3 atom stereocenters. The fourth-order valence-electron chi connectivity index (χ4n) is 5.23. The Kier molecular flexibility index (Phi) is 3.77. The van der Waals surface area contributed by atoms with Gasteiger partial charge in [0, 0.05) is 12.6 Å². The molecule has 2 aromatic rings. The fraction of sp³-hybridized carbons (Fsp3) is 0.455. The van der Waals surface area contributed by atoms with Crippen LogP contribution in [0.15, 0.2) is 54.6 Å². The summed E-state index contributed by atoms with van der Waals surface area (Å²) in [5, 5.41) is 0. The van der Waals surface area contributed by atoms with E-state index in [-0.39, 0.29) is 0 Å². The van der Waals surface area contributed by atoms with E-state index in [9.17, 15) is 0 Å². The number of nitrogens with zero attached hydrogens (tertiary/aromatic N) is 1. The molecule has 1 aliphatic heterocycles. The van der Waals surface area contributed by atoms with Gasteiger partial charge in [0.2, 0.25) is 0 Å². The molecule has 0 aromatic heterocycles. The first-order valence-corrected chi connectivity index (χ1v) is 9.08. The Morgan fingerprint density at radius 3 is 2.57 bits per heavy atom. The minimum Gasteiger partial charge on any atom is -0.295 e. The monoisotopic (exact) mass is 305 g/mol. The van der Waals surface area contributed by atoms with Crippen molar-refractivity contribution >= 4 is 0 Å². The zero-order chi connectivity index (χ0) is 15.9. The van der Waals surface area contributed by atoms with Crippen LogP contribution in [0, 0.1) is 5.92 Å². The second-order valence-electron chi connectivity index (χ2n) is 7.57. The summed E-state index contributed by atoms with van der Waals surface area (Å²) in [5.74, 6) is 0.773. The maximum Gasteiger partial charge on any atom is 0.0236 e. The number of hydrogen-bond acceptors (Lipinski definition) is 1. The van der Waals surface area contributed by atoms with Crippen molar-refractivity contribution in [1.29, 1.82) is 0 Å². The van der Waals surface area contributed by atoms with Crippen LogP contribution in [0.5, 0.6) is 0 Å². The van der Waals surface area contributed by atoms with E-state index in [2.05, 4.69) is 73.3 Å². The lowest BCUT2D eigenvalue weighted by Gasteiger charge is -2.55. The van der Waals surface area contributed by atoms with Crippen LogP contribution in [0.2, 0.25) is 0 Å². The van der Waals surface area contributed by atoms with Crippen LogP contribution in [-0.4, -0.2) is 17.5 Å². The largest absolute Gasteiger partial charge is 0.295 e. The Bertz CT molecular complexity index is 677. The summed E-state index contributed by atoms with van der Waals surface area (Å²) in [6.07, 6.45) is 3.78. The Labute approximate surface area is 140 Å². The standard InChI is InChI=1S/C22H27N/c1-3-19-21-15-18-11-7-8-12-20(18)22(19,2)13-14-23(21)16-17-9-5-4-6-10-17/h4-12,19,21H,3,13-16H2,1-2H3/t19-,21-,22-/m0/s1. The quantitative estimate of drug-likeness (QED) is 0.787. The average molecular weight is 305 g/mol. The molecular formula is C22H27N. The van der Waals surface area contributed by atoms with E-state index < -0.39 is 0 Å². The molecule has 23 heavy (non-hydrogen) atoms. The lowest BCUT2D eigenvalue weighted by atomic mass is 9.57. The van der Waals surface area contributed by atoms with Gasteiger partial charge >= 0.3 is 0 Å². The van der Waals surface area contributed by atoms with Gasteiger partial charge in [-0.25, -0.2) is 0 Å². The van der Waals surface area contributed by atoms with E-state index in [0.29, 0.717) is 11.5 Å². The smallest absolute Gasteiger partial charge is 0.0236 e. The zero-order valence-electron chi connectivity index (χ0n) is 14.3. The van der Waals surface area contributed by atoms with Crippen molar-refractivity contribution in [2.45, 2.75) is 51.1 Å². The van der Waals surface area contributed by atoms with E-state index in [1.165, 1.54) is 31.4 Å². The minimum absolute atomic E-state index is 0.363. The molecule has 2 aliphatic rings. The molecule has 0 saturated carbocycles. The van der Waals surface area contributed by atoms with Gasteiger partial charge in [-0.05, 0) is 47.4 Å². The molecule has 1 saturated heterocycles. The average Bonchev–Trinajstić information content (AvgIpc) is 2.58. The second-order valence-corrected chi connectivity index (χ2v) is 7.57. The van der Waals surface area contributed by atoms with Gasteiger partial charge in [0.25, 0.3) is 0 Å². The molecule has 0 unspecified atom stereocenters. The molecule has 4 rings (SSSR count). The van der Waals surface area contributed by atoms with Crippen LogP contribution < -0.4 is 0 Å². The molecule has 0 N–H and O–H groups in total.